The summed E-state index contributed by atoms with van der Waals surface area (Å²) in [7, 11) is 0. The van der Waals surface area contributed by atoms with E-state index in [1.807, 2.05) is 38.1 Å². The van der Waals surface area contributed by atoms with Gasteiger partial charge in [-0.15, -0.1) is 0 Å². The van der Waals surface area contributed by atoms with Crippen molar-refractivity contribution in [2.45, 2.75) is 13.8 Å². The highest BCUT2D eigenvalue weighted by atomic mass is 16.3. The fourth-order valence-electron chi connectivity index (χ4n) is 1.70. The van der Waals surface area contributed by atoms with Crippen molar-refractivity contribution < 1.29 is 10.2 Å². The van der Waals surface area contributed by atoms with Gasteiger partial charge in [-0.1, -0.05) is 17.7 Å². The van der Waals surface area contributed by atoms with Crippen molar-refractivity contribution in [1.29, 1.82) is 0 Å². The molecule has 0 aromatic heterocycles. The third-order valence-corrected chi connectivity index (χ3v) is 2.70. The Labute approximate surface area is 106 Å². The molecule has 0 fully saturated rings. The molecule has 2 N–H and O–H groups in total. The molecule has 0 radical (unpaired) electrons. The Kier molecular flexibility index (Phi) is 3.33. The fourth-order valence-corrected chi connectivity index (χ4v) is 1.70. The molecular weight excluding hydrogens is 226 g/mol. The number of benzene rings is 2. The Morgan fingerprint density at radius 2 is 1.67 bits per heavy atom. The summed E-state index contributed by atoms with van der Waals surface area (Å²) in [6, 6.07) is 12.3. The Hall–Kier alpha value is -2.29. The van der Waals surface area contributed by atoms with Crippen LogP contribution in [-0.4, -0.2) is 15.9 Å². The molecule has 0 aliphatic heterocycles. The topological polar surface area (TPSA) is 52.8 Å². The second-order valence-corrected chi connectivity index (χ2v) is 4.23. The summed E-state index contributed by atoms with van der Waals surface area (Å²) >= 11 is 0. The van der Waals surface area contributed by atoms with Crippen LogP contribution in [0.4, 0.5) is 5.69 Å². The number of aryl methyl sites for hydroxylation is 1. The molecule has 0 heterocycles. The Bertz CT molecular complexity index is 586. The summed E-state index contributed by atoms with van der Waals surface area (Å²) in [5.74, 6) is 0.0720. The van der Waals surface area contributed by atoms with Crippen molar-refractivity contribution in [1.82, 2.24) is 0 Å². The van der Waals surface area contributed by atoms with Gasteiger partial charge in [-0.2, -0.15) is 0 Å². The number of hydrogen-bond donors (Lipinski definition) is 2. The van der Waals surface area contributed by atoms with Gasteiger partial charge in [-0.25, -0.2) is 0 Å². The number of nitrogens with zero attached hydrogens (tertiary/aromatic N) is 1. The first-order valence-electron chi connectivity index (χ1n) is 5.70. The second-order valence-electron chi connectivity index (χ2n) is 4.23. The van der Waals surface area contributed by atoms with Gasteiger partial charge in [0.25, 0.3) is 0 Å². The van der Waals surface area contributed by atoms with E-state index in [0.717, 1.165) is 5.69 Å². The molecule has 0 spiro atoms. The van der Waals surface area contributed by atoms with E-state index in [1.165, 1.54) is 17.7 Å². The third kappa shape index (κ3) is 2.69. The first-order chi connectivity index (χ1) is 8.56. The number of aromatic hydroxyl groups is 2. The smallest absolute Gasteiger partial charge is 0.128 e. The molecule has 3 nitrogen and oxygen atoms in total. The first-order valence-corrected chi connectivity index (χ1v) is 5.70. The molecule has 18 heavy (non-hydrogen) atoms. The van der Waals surface area contributed by atoms with Gasteiger partial charge in [0.15, 0.2) is 0 Å². The normalized spacial score (nSPS) is 11.6. The number of phenols is 2. The molecule has 0 saturated carbocycles. The van der Waals surface area contributed by atoms with E-state index in [0.29, 0.717) is 11.3 Å². The van der Waals surface area contributed by atoms with E-state index in [2.05, 4.69) is 4.99 Å². The van der Waals surface area contributed by atoms with Gasteiger partial charge >= 0.3 is 0 Å². The van der Waals surface area contributed by atoms with Gasteiger partial charge in [0.2, 0.25) is 0 Å². The lowest BCUT2D eigenvalue weighted by atomic mass is 10.1. The number of rotatable bonds is 2. The highest BCUT2D eigenvalue weighted by Gasteiger charge is 2.05. The highest BCUT2D eigenvalue weighted by Crippen LogP contribution is 2.24. The molecule has 0 amide bonds. The van der Waals surface area contributed by atoms with Crippen LogP contribution >= 0.6 is 0 Å². The van der Waals surface area contributed by atoms with E-state index in [4.69, 9.17) is 0 Å². The molecule has 0 aliphatic rings. The maximum Gasteiger partial charge on any atom is 0.128 e. The molecule has 0 aliphatic carbocycles. The van der Waals surface area contributed by atoms with Crippen LogP contribution in [0.3, 0.4) is 0 Å². The number of hydrogen-bond acceptors (Lipinski definition) is 3. The van der Waals surface area contributed by atoms with Crippen LogP contribution in [0.2, 0.25) is 0 Å². The molecule has 0 atom stereocenters. The quantitative estimate of drug-likeness (QED) is 0.790. The summed E-state index contributed by atoms with van der Waals surface area (Å²) in [5, 5.41) is 19.0. The number of phenolic OH excluding ortho intramolecular Hbond substituents is 2. The predicted molar refractivity (Wildman–Crippen MR) is 72.8 cm³/mol. The summed E-state index contributed by atoms with van der Waals surface area (Å²) in [5.41, 5.74) is 3.34. The molecule has 0 unspecified atom stereocenters. The summed E-state index contributed by atoms with van der Waals surface area (Å²) < 4.78 is 0. The SMILES string of the molecule is CC(=Nc1ccc(C)cc1)c1ccc(O)cc1O. The maximum absolute atomic E-state index is 9.74. The van der Waals surface area contributed by atoms with Crippen LogP contribution in [0.5, 0.6) is 11.5 Å². The van der Waals surface area contributed by atoms with E-state index in [1.54, 1.807) is 6.07 Å². The molecule has 2 aromatic carbocycles. The molecule has 0 bridgehead atoms. The van der Waals surface area contributed by atoms with E-state index in [9.17, 15) is 10.2 Å². The lowest BCUT2D eigenvalue weighted by Gasteiger charge is -2.05. The summed E-state index contributed by atoms with van der Waals surface area (Å²) in [4.78, 5) is 4.44. The maximum atomic E-state index is 9.74. The van der Waals surface area contributed by atoms with Crippen molar-refractivity contribution in [3.63, 3.8) is 0 Å². The number of aliphatic imine (C=N–C) groups is 1. The van der Waals surface area contributed by atoms with Crippen LogP contribution < -0.4 is 0 Å². The minimum absolute atomic E-state index is 0.0309. The van der Waals surface area contributed by atoms with Crippen molar-refractivity contribution in [2.75, 3.05) is 0 Å². The monoisotopic (exact) mass is 241 g/mol. The van der Waals surface area contributed by atoms with Gasteiger partial charge in [-0.05, 0) is 38.1 Å². The van der Waals surface area contributed by atoms with Crippen molar-refractivity contribution in [3.8, 4) is 11.5 Å². The Morgan fingerprint density at radius 3 is 2.28 bits per heavy atom. The Balaban J connectivity index is 2.35. The van der Waals surface area contributed by atoms with Gasteiger partial charge in [0.1, 0.15) is 11.5 Å². The largest absolute Gasteiger partial charge is 0.508 e. The third-order valence-electron chi connectivity index (χ3n) is 2.70. The average molecular weight is 241 g/mol. The van der Waals surface area contributed by atoms with Crippen LogP contribution in [0, 0.1) is 6.92 Å². The van der Waals surface area contributed by atoms with E-state index >= 15 is 0 Å². The standard InChI is InChI=1S/C15H15NO2/c1-10-3-5-12(6-4-10)16-11(2)14-8-7-13(17)9-15(14)18/h3-9,17-18H,1-2H3. The lowest BCUT2D eigenvalue weighted by Crippen LogP contribution is -1.94. The molecular formula is C15H15NO2. The molecule has 2 aromatic rings. The van der Waals surface area contributed by atoms with Crippen molar-refractivity contribution in [3.05, 3.63) is 53.6 Å². The molecule has 2 rings (SSSR count). The molecule has 3 heteroatoms. The molecule has 0 saturated heterocycles. The minimum Gasteiger partial charge on any atom is -0.508 e. The highest BCUT2D eigenvalue weighted by molar-refractivity contribution is 6.02. The van der Waals surface area contributed by atoms with Gasteiger partial charge < -0.3 is 10.2 Å². The predicted octanol–water partition coefficient (Wildman–Crippen LogP) is 3.55. The second kappa shape index (κ2) is 4.92. The van der Waals surface area contributed by atoms with Gasteiger partial charge in [-0.3, -0.25) is 4.99 Å². The van der Waals surface area contributed by atoms with Gasteiger partial charge in [0.05, 0.1) is 5.69 Å². The average Bonchev–Trinajstić information content (AvgIpc) is 2.32. The van der Waals surface area contributed by atoms with Crippen LogP contribution in [0.15, 0.2) is 47.5 Å². The van der Waals surface area contributed by atoms with E-state index < -0.39 is 0 Å². The Morgan fingerprint density at radius 1 is 1.00 bits per heavy atom. The first kappa shape index (κ1) is 12.2. The summed E-state index contributed by atoms with van der Waals surface area (Å²) in [6.07, 6.45) is 0. The van der Waals surface area contributed by atoms with Crippen molar-refractivity contribution >= 4 is 11.4 Å². The minimum atomic E-state index is 0.0309. The zero-order valence-corrected chi connectivity index (χ0v) is 10.4. The zero-order chi connectivity index (χ0) is 13.1. The van der Waals surface area contributed by atoms with Crippen LogP contribution in [0.25, 0.3) is 0 Å². The summed E-state index contributed by atoms with van der Waals surface area (Å²) in [6.45, 7) is 3.85. The van der Waals surface area contributed by atoms with E-state index in [-0.39, 0.29) is 11.5 Å². The zero-order valence-electron chi connectivity index (χ0n) is 10.4. The molecule has 92 valence electrons. The van der Waals surface area contributed by atoms with Crippen LogP contribution in [0.1, 0.15) is 18.1 Å². The fraction of sp³-hybridized carbons (Fsp3) is 0.133. The van der Waals surface area contributed by atoms with Gasteiger partial charge in [0, 0.05) is 17.3 Å². The van der Waals surface area contributed by atoms with Crippen LogP contribution in [-0.2, 0) is 0 Å². The van der Waals surface area contributed by atoms with Crippen molar-refractivity contribution in [2.24, 2.45) is 4.99 Å². The lowest BCUT2D eigenvalue weighted by molar-refractivity contribution is 0.450.